The van der Waals surface area contributed by atoms with Gasteiger partial charge in [0, 0.05) is 28.9 Å². The Labute approximate surface area is 253 Å². The molecule has 0 radical (unpaired) electrons. The van der Waals surface area contributed by atoms with Crippen LogP contribution in [0.5, 0.6) is 11.5 Å². The highest BCUT2D eigenvalue weighted by Gasteiger charge is 2.24. The number of phenols is 2. The van der Waals surface area contributed by atoms with E-state index < -0.39 is 41.4 Å². The maximum absolute atomic E-state index is 14.6. The average Bonchev–Trinajstić information content (AvgIpc) is 3.03. The molecule has 0 aliphatic rings. The Hall–Kier alpha value is -5.33. The minimum atomic E-state index is -0.944. The number of benzene rings is 3. The number of hydrogen-bond acceptors (Lipinski definition) is 12. The molecule has 0 spiro atoms. The van der Waals surface area contributed by atoms with E-state index in [1.54, 1.807) is 48.5 Å². The fraction of sp³-hybridized carbons (Fsp3) is 0.290. The molecule has 0 aromatic heterocycles. The lowest BCUT2D eigenvalue weighted by atomic mass is 9.84. The number of aromatic hydroxyl groups is 2. The Balaban J connectivity index is 2.07. The lowest BCUT2D eigenvalue weighted by Gasteiger charge is -2.25. The molecular weight excluding hydrogens is 579 g/mol. The fourth-order valence-electron chi connectivity index (χ4n) is 4.46. The summed E-state index contributed by atoms with van der Waals surface area (Å²) in [5.41, 5.74) is 2.28. The van der Waals surface area contributed by atoms with Crippen LogP contribution in [0.3, 0.4) is 0 Å². The highest BCUT2D eigenvalue weighted by atomic mass is 19.1. The number of esters is 4. The molecule has 0 atom stereocenters. The van der Waals surface area contributed by atoms with Gasteiger partial charge in [-0.2, -0.15) is 0 Å². The monoisotopic (exact) mass is 612 g/mol. The number of halogens is 1. The first-order chi connectivity index (χ1) is 21.0. The third-order valence-electron chi connectivity index (χ3n) is 6.78. The van der Waals surface area contributed by atoms with E-state index in [9.17, 15) is 33.8 Å². The zero-order valence-corrected chi connectivity index (χ0v) is 24.6. The summed E-state index contributed by atoms with van der Waals surface area (Å²) in [4.78, 5) is 50.8. The van der Waals surface area contributed by atoms with E-state index in [0.29, 0.717) is 22.5 Å². The predicted molar refractivity (Wildman–Crippen MR) is 156 cm³/mol. The molecule has 3 aromatic carbocycles. The smallest absolute Gasteiger partial charge is 0.325 e. The molecule has 3 rings (SSSR count). The number of anilines is 2. The molecule has 0 unspecified atom stereocenters. The lowest BCUT2D eigenvalue weighted by molar-refractivity contribution is -0.141. The van der Waals surface area contributed by atoms with Gasteiger partial charge in [-0.15, -0.1) is 0 Å². The number of carbonyl (C=O) groups excluding carboxylic acids is 4. The molecular formula is C31H33FN2O10. The van der Waals surface area contributed by atoms with Crippen molar-refractivity contribution < 1.29 is 52.7 Å². The van der Waals surface area contributed by atoms with Crippen molar-refractivity contribution in [3.05, 3.63) is 83.2 Å². The van der Waals surface area contributed by atoms with Crippen molar-refractivity contribution in [2.75, 3.05) is 64.4 Å². The van der Waals surface area contributed by atoms with Gasteiger partial charge in [-0.05, 0) is 41.5 Å². The maximum Gasteiger partial charge on any atom is 0.325 e. The Morgan fingerprint density at radius 1 is 0.614 bits per heavy atom. The predicted octanol–water partition coefficient (Wildman–Crippen LogP) is 2.72. The van der Waals surface area contributed by atoms with Gasteiger partial charge < -0.3 is 39.0 Å². The summed E-state index contributed by atoms with van der Waals surface area (Å²) in [6, 6.07) is 15.2. The summed E-state index contributed by atoms with van der Waals surface area (Å²) in [6.45, 7) is -0.915. The normalized spacial score (nSPS) is 10.6. The Morgan fingerprint density at radius 2 is 0.955 bits per heavy atom. The van der Waals surface area contributed by atoms with Gasteiger partial charge in [0.05, 0.1) is 28.4 Å². The fourth-order valence-corrected chi connectivity index (χ4v) is 4.46. The van der Waals surface area contributed by atoms with Crippen molar-refractivity contribution in [1.82, 2.24) is 0 Å². The van der Waals surface area contributed by atoms with E-state index in [-0.39, 0.29) is 37.5 Å². The Kier molecular flexibility index (Phi) is 11.5. The second-order valence-electron chi connectivity index (χ2n) is 9.50. The van der Waals surface area contributed by atoms with Gasteiger partial charge in [0.1, 0.15) is 31.9 Å². The van der Waals surface area contributed by atoms with Crippen LogP contribution in [0, 0.1) is 5.82 Å². The molecule has 0 bridgehead atoms. The zero-order valence-electron chi connectivity index (χ0n) is 24.6. The first kappa shape index (κ1) is 33.2. The van der Waals surface area contributed by atoms with Gasteiger partial charge in [0.25, 0.3) is 0 Å². The van der Waals surface area contributed by atoms with Gasteiger partial charge in [-0.1, -0.05) is 24.3 Å². The summed E-state index contributed by atoms with van der Waals surface area (Å²) in [5.74, 6) is -5.10. The number of methoxy groups -OCH3 is 4. The van der Waals surface area contributed by atoms with Crippen LogP contribution in [0.15, 0.2) is 60.7 Å². The molecule has 0 aliphatic carbocycles. The van der Waals surface area contributed by atoms with Crippen molar-refractivity contribution in [2.24, 2.45) is 0 Å². The van der Waals surface area contributed by atoms with Gasteiger partial charge in [-0.25, -0.2) is 4.39 Å². The van der Waals surface area contributed by atoms with Crippen molar-refractivity contribution in [2.45, 2.75) is 5.92 Å². The molecule has 44 heavy (non-hydrogen) atoms. The summed E-state index contributed by atoms with van der Waals surface area (Å²) < 4.78 is 33.5. The standard InChI is InChI=1S/C31H33FN2O10/c1-41-27(37)15-33(16-28(38)42-2)21-9-5-19(6-10-21)31(23-13-24(32)26(36)14-25(23)35)20-7-11-22(12-8-20)34(17-29(39)43-3)18-30(40)44-4/h5-14,31,35-36H,15-18H2,1-4H3. The van der Waals surface area contributed by atoms with E-state index in [2.05, 4.69) is 0 Å². The quantitative estimate of drug-likeness (QED) is 0.166. The van der Waals surface area contributed by atoms with E-state index in [1.165, 1.54) is 38.2 Å². The van der Waals surface area contributed by atoms with Crippen molar-refractivity contribution >= 4 is 35.3 Å². The molecule has 0 heterocycles. The van der Waals surface area contributed by atoms with Crippen LogP contribution in [0.1, 0.15) is 22.6 Å². The van der Waals surface area contributed by atoms with Crippen molar-refractivity contribution in [3.63, 3.8) is 0 Å². The Bertz CT molecular complexity index is 1360. The van der Waals surface area contributed by atoms with Crippen molar-refractivity contribution in [3.8, 4) is 11.5 Å². The molecule has 0 aliphatic heterocycles. The highest BCUT2D eigenvalue weighted by molar-refractivity contribution is 5.82. The molecule has 13 heteroatoms. The van der Waals surface area contributed by atoms with Crippen LogP contribution in [0.2, 0.25) is 0 Å². The largest absolute Gasteiger partial charge is 0.507 e. The third kappa shape index (κ3) is 8.37. The van der Waals surface area contributed by atoms with Crippen LogP contribution in [-0.4, -0.2) is 88.7 Å². The number of ether oxygens (including phenoxy) is 4. The molecule has 12 nitrogen and oxygen atoms in total. The number of carbonyl (C=O) groups is 4. The van der Waals surface area contributed by atoms with Crippen LogP contribution < -0.4 is 9.80 Å². The SMILES string of the molecule is COC(=O)CN(CC(=O)OC)c1ccc(C(c2ccc(N(CC(=O)OC)CC(=O)OC)cc2)c2cc(F)c(O)cc2O)cc1. The topological polar surface area (TPSA) is 152 Å². The van der Waals surface area contributed by atoms with Gasteiger partial charge in [0.2, 0.25) is 0 Å². The number of rotatable bonds is 13. The first-order valence-electron chi connectivity index (χ1n) is 13.2. The van der Waals surface area contributed by atoms with Crippen LogP contribution in [0.25, 0.3) is 0 Å². The summed E-state index contributed by atoms with van der Waals surface area (Å²) in [5, 5.41) is 20.6. The number of hydrogen-bond donors (Lipinski definition) is 2. The molecule has 2 N–H and O–H groups in total. The van der Waals surface area contributed by atoms with Gasteiger partial charge >= 0.3 is 23.9 Å². The second kappa shape index (κ2) is 15.2. The van der Waals surface area contributed by atoms with E-state index in [4.69, 9.17) is 18.9 Å². The number of nitrogens with zero attached hydrogens (tertiary/aromatic N) is 2. The average molecular weight is 613 g/mol. The molecule has 0 fully saturated rings. The van der Waals surface area contributed by atoms with Gasteiger partial charge in [-0.3, -0.25) is 19.2 Å². The second-order valence-corrected chi connectivity index (χ2v) is 9.50. The summed E-state index contributed by atoms with van der Waals surface area (Å²) in [7, 11) is 4.91. The van der Waals surface area contributed by atoms with Crippen LogP contribution in [0.4, 0.5) is 15.8 Å². The zero-order chi connectivity index (χ0) is 32.4. The molecule has 0 saturated carbocycles. The minimum absolute atomic E-state index is 0.141. The summed E-state index contributed by atoms with van der Waals surface area (Å²) >= 11 is 0. The first-order valence-corrected chi connectivity index (χ1v) is 13.2. The van der Waals surface area contributed by atoms with Gasteiger partial charge in [0.15, 0.2) is 11.6 Å². The molecule has 234 valence electrons. The minimum Gasteiger partial charge on any atom is -0.507 e. The van der Waals surface area contributed by atoms with Crippen molar-refractivity contribution in [1.29, 1.82) is 0 Å². The number of phenolic OH excluding ortho intramolecular Hbond substituents is 2. The summed E-state index contributed by atoms with van der Waals surface area (Å²) in [6.07, 6.45) is 0. The molecule has 0 saturated heterocycles. The molecule has 3 aromatic rings. The highest BCUT2D eigenvalue weighted by Crippen LogP contribution is 2.40. The Morgan fingerprint density at radius 3 is 1.27 bits per heavy atom. The van der Waals surface area contributed by atoms with Crippen LogP contribution in [-0.2, 0) is 38.1 Å². The van der Waals surface area contributed by atoms with Crippen LogP contribution >= 0.6 is 0 Å². The molecule has 0 amide bonds. The van der Waals surface area contributed by atoms with E-state index in [0.717, 1.165) is 12.1 Å². The lowest BCUT2D eigenvalue weighted by Crippen LogP contribution is -2.35. The van der Waals surface area contributed by atoms with E-state index in [1.807, 2.05) is 0 Å². The third-order valence-corrected chi connectivity index (χ3v) is 6.78. The maximum atomic E-state index is 14.6. The van der Waals surface area contributed by atoms with E-state index >= 15 is 0 Å².